The average molecular weight is 471 g/mol. The van der Waals surface area contributed by atoms with Crippen molar-refractivity contribution in [3.8, 4) is 11.5 Å². The van der Waals surface area contributed by atoms with Crippen molar-refractivity contribution in [2.45, 2.75) is 17.9 Å². The highest BCUT2D eigenvalue weighted by atomic mass is 32.2. The first-order valence-electron chi connectivity index (χ1n) is 10.3. The molecule has 1 amide bonds. The van der Waals surface area contributed by atoms with Gasteiger partial charge < -0.3 is 19.9 Å². The molecule has 0 saturated carbocycles. The molecule has 3 aromatic rings. The normalized spacial score (nSPS) is 12.0. The van der Waals surface area contributed by atoms with Gasteiger partial charge in [-0.05, 0) is 67.1 Å². The van der Waals surface area contributed by atoms with Crippen LogP contribution in [0.5, 0.6) is 11.5 Å². The Balaban J connectivity index is 1.63. The lowest BCUT2D eigenvalue weighted by atomic mass is 10.1. The van der Waals surface area contributed by atoms with E-state index in [9.17, 15) is 18.3 Å². The topological polar surface area (TPSA) is 114 Å². The molecule has 0 radical (unpaired) electrons. The summed E-state index contributed by atoms with van der Waals surface area (Å²) in [6, 6.07) is 19.0. The predicted octanol–water partition coefficient (Wildman–Crippen LogP) is 3.36. The van der Waals surface area contributed by atoms with Crippen LogP contribution in [0, 0.1) is 0 Å². The second-order valence-corrected chi connectivity index (χ2v) is 8.77. The molecular weight excluding hydrogens is 444 g/mol. The molecule has 9 heteroatoms. The Morgan fingerprint density at radius 3 is 2.30 bits per heavy atom. The van der Waals surface area contributed by atoms with Crippen molar-refractivity contribution in [2.24, 2.45) is 0 Å². The van der Waals surface area contributed by atoms with E-state index in [0.717, 1.165) is 0 Å². The highest BCUT2D eigenvalue weighted by Gasteiger charge is 2.16. The van der Waals surface area contributed by atoms with E-state index in [1.54, 1.807) is 61.7 Å². The lowest BCUT2D eigenvalue weighted by molar-refractivity contribution is 0.0916. The first-order valence-corrected chi connectivity index (χ1v) is 11.8. The molecule has 0 heterocycles. The van der Waals surface area contributed by atoms with Crippen LogP contribution in [0.1, 0.15) is 28.9 Å². The molecule has 8 nitrogen and oxygen atoms in total. The van der Waals surface area contributed by atoms with Gasteiger partial charge in [0.2, 0.25) is 0 Å². The largest absolute Gasteiger partial charge is 0.497 e. The number of methoxy groups -OCH3 is 1. The van der Waals surface area contributed by atoms with Gasteiger partial charge in [0.15, 0.2) is 0 Å². The van der Waals surface area contributed by atoms with Crippen LogP contribution in [0.4, 0.5) is 5.69 Å². The molecular formula is C24H26N2O6S. The van der Waals surface area contributed by atoms with Crippen molar-refractivity contribution in [1.29, 1.82) is 0 Å². The molecule has 0 aliphatic heterocycles. The monoisotopic (exact) mass is 470 g/mol. The van der Waals surface area contributed by atoms with E-state index >= 15 is 0 Å². The van der Waals surface area contributed by atoms with E-state index in [4.69, 9.17) is 9.47 Å². The minimum atomic E-state index is -3.84. The zero-order chi connectivity index (χ0) is 23.8. The molecule has 3 N–H and O–H groups in total. The fourth-order valence-electron chi connectivity index (χ4n) is 3.06. The third-order valence-corrected chi connectivity index (χ3v) is 6.18. The number of aliphatic hydroxyl groups excluding tert-OH is 1. The Bertz CT molecular complexity index is 1180. The maximum absolute atomic E-state index is 12.7. The van der Waals surface area contributed by atoms with Gasteiger partial charge in [-0.15, -0.1) is 0 Å². The SMILES string of the molecule is CCOc1ccc(S(=O)(=O)Nc2cccc(C(=O)NCC(O)c3ccc(OC)cc3)c2)cc1. The number of carbonyl (C=O) groups excluding carboxylic acids is 1. The first-order chi connectivity index (χ1) is 15.8. The highest BCUT2D eigenvalue weighted by Crippen LogP contribution is 2.21. The van der Waals surface area contributed by atoms with E-state index in [0.29, 0.717) is 23.7 Å². The molecule has 174 valence electrons. The number of hydrogen-bond donors (Lipinski definition) is 3. The van der Waals surface area contributed by atoms with E-state index < -0.39 is 22.0 Å². The molecule has 0 saturated heterocycles. The van der Waals surface area contributed by atoms with Crippen molar-refractivity contribution in [3.05, 3.63) is 83.9 Å². The Morgan fingerprint density at radius 1 is 1.00 bits per heavy atom. The molecule has 3 aromatic carbocycles. The number of carbonyl (C=O) groups is 1. The molecule has 0 aromatic heterocycles. The van der Waals surface area contributed by atoms with Crippen LogP contribution < -0.4 is 19.5 Å². The summed E-state index contributed by atoms with van der Waals surface area (Å²) in [7, 11) is -2.29. The van der Waals surface area contributed by atoms with Gasteiger partial charge in [-0.1, -0.05) is 18.2 Å². The summed E-state index contributed by atoms with van der Waals surface area (Å²) in [5.74, 6) is 0.802. The van der Waals surface area contributed by atoms with Gasteiger partial charge in [0.1, 0.15) is 11.5 Å². The molecule has 0 aliphatic rings. The van der Waals surface area contributed by atoms with E-state index in [1.165, 1.54) is 18.2 Å². The third-order valence-electron chi connectivity index (χ3n) is 4.78. The van der Waals surface area contributed by atoms with Crippen LogP contribution in [-0.4, -0.2) is 39.7 Å². The molecule has 1 unspecified atom stereocenters. The predicted molar refractivity (Wildman–Crippen MR) is 125 cm³/mol. The minimum Gasteiger partial charge on any atom is -0.497 e. The van der Waals surface area contributed by atoms with Gasteiger partial charge >= 0.3 is 0 Å². The minimum absolute atomic E-state index is 0.00665. The van der Waals surface area contributed by atoms with Crippen LogP contribution in [0.15, 0.2) is 77.7 Å². The van der Waals surface area contributed by atoms with Gasteiger partial charge in [-0.3, -0.25) is 9.52 Å². The van der Waals surface area contributed by atoms with Crippen LogP contribution >= 0.6 is 0 Å². The van der Waals surface area contributed by atoms with Gasteiger partial charge in [-0.2, -0.15) is 0 Å². The third kappa shape index (κ3) is 6.47. The number of amides is 1. The number of rotatable bonds is 10. The summed E-state index contributed by atoms with van der Waals surface area (Å²) in [6.45, 7) is 2.32. The molecule has 0 spiro atoms. The Kier molecular flexibility index (Phi) is 7.92. The summed E-state index contributed by atoms with van der Waals surface area (Å²) in [5, 5.41) is 13.0. The molecule has 0 bridgehead atoms. The number of ether oxygens (including phenoxy) is 2. The summed E-state index contributed by atoms with van der Waals surface area (Å²) < 4.78 is 38.2. The second kappa shape index (κ2) is 10.8. The van der Waals surface area contributed by atoms with Crippen LogP contribution in [0.2, 0.25) is 0 Å². The number of nitrogens with one attached hydrogen (secondary N) is 2. The zero-order valence-corrected chi connectivity index (χ0v) is 19.1. The Morgan fingerprint density at radius 2 is 1.67 bits per heavy atom. The lowest BCUT2D eigenvalue weighted by Gasteiger charge is -2.14. The summed E-state index contributed by atoms with van der Waals surface area (Å²) in [6.07, 6.45) is -0.902. The number of anilines is 1. The van der Waals surface area contributed by atoms with Crippen LogP contribution in [0.25, 0.3) is 0 Å². The highest BCUT2D eigenvalue weighted by molar-refractivity contribution is 7.92. The zero-order valence-electron chi connectivity index (χ0n) is 18.3. The van der Waals surface area contributed by atoms with E-state index in [-0.39, 0.29) is 22.7 Å². The first kappa shape index (κ1) is 24.1. The van der Waals surface area contributed by atoms with Gasteiger partial charge in [0.25, 0.3) is 15.9 Å². The Labute approximate surface area is 193 Å². The quantitative estimate of drug-likeness (QED) is 0.419. The maximum atomic E-state index is 12.7. The molecule has 0 aliphatic carbocycles. The Hall–Kier alpha value is -3.56. The number of hydrogen-bond acceptors (Lipinski definition) is 6. The van der Waals surface area contributed by atoms with Gasteiger partial charge in [0, 0.05) is 17.8 Å². The van der Waals surface area contributed by atoms with Crippen molar-refractivity contribution >= 4 is 21.6 Å². The summed E-state index contributed by atoms with van der Waals surface area (Å²) in [5.41, 5.74) is 1.13. The number of sulfonamides is 1. The van der Waals surface area contributed by atoms with Gasteiger partial charge in [-0.25, -0.2) is 8.42 Å². The van der Waals surface area contributed by atoms with Crippen LogP contribution in [0.3, 0.4) is 0 Å². The molecule has 0 fully saturated rings. The fourth-order valence-corrected chi connectivity index (χ4v) is 4.10. The number of aliphatic hydroxyl groups is 1. The van der Waals surface area contributed by atoms with E-state index in [1.807, 2.05) is 6.92 Å². The standard InChI is InChI=1S/C24H26N2O6S/c1-3-32-21-11-13-22(14-12-21)33(29,30)26-19-6-4-5-18(15-19)24(28)25-16-23(27)17-7-9-20(31-2)10-8-17/h4-15,23,26-27H,3,16H2,1-2H3,(H,25,28). The van der Waals surface area contributed by atoms with E-state index in [2.05, 4.69) is 10.0 Å². The number of benzene rings is 3. The van der Waals surface area contributed by atoms with Crippen molar-refractivity contribution in [2.75, 3.05) is 25.0 Å². The molecule has 3 rings (SSSR count). The van der Waals surface area contributed by atoms with Crippen molar-refractivity contribution in [1.82, 2.24) is 5.32 Å². The van der Waals surface area contributed by atoms with Gasteiger partial charge in [0.05, 0.1) is 24.7 Å². The van der Waals surface area contributed by atoms with Crippen molar-refractivity contribution in [3.63, 3.8) is 0 Å². The smallest absolute Gasteiger partial charge is 0.261 e. The average Bonchev–Trinajstić information content (AvgIpc) is 2.83. The lowest BCUT2D eigenvalue weighted by Crippen LogP contribution is -2.28. The molecule has 33 heavy (non-hydrogen) atoms. The van der Waals surface area contributed by atoms with Crippen molar-refractivity contribution < 1.29 is 27.8 Å². The summed E-state index contributed by atoms with van der Waals surface area (Å²) in [4.78, 5) is 12.6. The van der Waals surface area contributed by atoms with Crippen LogP contribution in [-0.2, 0) is 10.0 Å². The summed E-state index contributed by atoms with van der Waals surface area (Å²) >= 11 is 0. The fraction of sp³-hybridized carbons (Fsp3) is 0.208. The maximum Gasteiger partial charge on any atom is 0.261 e. The molecule has 1 atom stereocenters. The second-order valence-electron chi connectivity index (χ2n) is 7.09.